The zero-order valence-electron chi connectivity index (χ0n) is 15.6. The van der Waals surface area contributed by atoms with Crippen LogP contribution in [0.4, 0.5) is 5.69 Å². The Bertz CT molecular complexity index is 1160. The van der Waals surface area contributed by atoms with Crippen LogP contribution in [0.3, 0.4) is 0 Å². The highest BCUT2D eigenvalue weighted by Crippen LogP contribution is 2.40. The molecule has 1 aromatic heterocycles. The highest BCUT2D eigenvalue weighted by atomic mass is 35.5. The molecule has 0 unspecified atom stereocenters. The minimum atomic E-state index is -0.946. The zero-order valence-corrected chi connectivity index (χ0v) is 17.1. The van der Waals surface area contributed by atoms with Crippen molar-refractivity contribution in [2.24, 2.45) is 0 Å². The van der Waals surface area contributed by atoms with Crippen LogP contribution in [0.5, 0.6) is 0 Å². The van der Waals surface area contributed by atoms with Gasteiger partial charge < -0.3 is 9.47 Å². The van der Waals surface area contributed by atoms with Crippen molar-refractivity contribution < 1.29 is 24.0 Å². The number of rotatable bonds is 5. The maximum absolute atomic E-state index is 12.6. The molecular formula is C19H13Cl2N3O6. The molecule has 0 fully saturated rings. The van der Waals surface area contributed by atoms with Gasteiger partial charge in [-0.3, -0.25) is 10.1 Å². The highest BCUT2D eigenvalue weighted by Gasteiger charge is 2.35. The third-order valence-electron chi connectivity index (χ3n) is 4.12. The molecule has 1 heterocycles. The topological polar surface area (TPSA) is 114 Å². The Kier molecular flexibility index (Phi) is 6.04. The zero-order chi connectivity index (χ0) is 22.0. The summed E-state index contributed by atoms with van der Waals surface area (Å²) in [6, 6.07) is 10.8. The minimum Gasteiger partial charge on any atom is -0.465 e. The van der Waals surface area contributed by atoms with Gasteiger partial charge in [-0.2, -0.15) is 5.10 Å². The molecule has 11 heteroatoms. The molecular weight excluding hydrogens is 437 g/mol. The lowest BCUT2D eigenvalue weighted by Gasteiger charge is -2.07. The van der Waals surface area contributed by atoms with Gasteiger partial charge >= 0.3 is 11.9 Å². The standard InChI is InChI=1S/C19H13Cl2N3O6/c1-29-18(25)14-15(12-8-10(20)9-13(21)16(12)24(27)28)22-23(17(14)19(26)30-2)11-6-4-3-5-7-11/h3-9H,1-2H3. The Hall–Kier alpha value is -3.43. The molecule has 0 N–H and O–H groups in total. The third kappa shape index (κ3) is 3.72. The number of aromatic nitrogens is 2. The Morgan fingerprint density at radius 3 is 2.27 bits per heavy atom. The van der Waals surface area contributed by atoms with Gasteiger partial charge in [-0.1, -0.05) is 41.4 Å². The number of hydrogen-bond donors (Lipinski definition) is 0. The quantitative estimate of drug-likeness (QED) is 0.323. The van der Waals surface area contributed by atoms with E-state index in [1.807, 2.05) is 0 Å². The minimum absolute atomic E-state index is 0.0743. The number of para-hydroxylation sites is 1. The van der Waals surface area contributed by atoms with Crippen molar-refractivity contribution in [2.75, 3.05) is 14.2 Å². The van der Waals surface area contributed by atoms with E-state index in [-0.39, 0.29) is 32.6 Å². The molecule has 0 aliphatic rings. The third-order valence-corrected chi connectivity index (χ3v) is 4.63. The van der Waals surface area contributed by atoms with Crippen molar-refractivity contribution in [3.05, 3.63) is 73.9 Å². The summed E-state index contributed by atoms with van der Waals surface area (Å²) >= 11 is 12.1. The van der Waals surface area contributed by atoms with Crippen LogP contribution >= 0.6 is 23.2 Å². The monoisotopic (exact) mass is 449 g/mol. The second-order valence-corrected chi connectivity index (χ2v) is 6.69. The molecule has 0 saturated heterocycles. The van der Waals surface area contributed by atoms with Crippen LogP contribution in [-0.4, -0.2) is 40.9 Å². The van der Waals surface area contributed by atoms with Gasteiger partial charge in [0.05, 0.1) is 30.4 Å². The van der Waals surface area contributed by atoms with Crippen LogP contribution in [0, 0.1) is 10.1 Å². The first-order valence-electron chi connectivity index (χ1n) is 8.29. The maximum atomic E-state index is 12.6. The molecule has 0 atom stereocenters. The first-order valence-corrected chi connectivity index (χ1v) is 9.04. The van der Waals surface area contributed by atoms with E-state index in [0.29, 0.717) is 5.69 Å². The summed E-state index contributed by atoms with van der Waals surface area (Å²) in [6.07, 6.45) is 0. The van der Waals surface area contributed by atoms with Crippen LogP contribution in [-0.2, 0) is 9.47 Å². The molecule has 3 rings (SSSR count). The van der Waals surface area contributed by atoms with E-state index in [4.69, 9.17) is 32.7 Å². The molecule has 0 saturated carbocycles. The number of esters is 2. The van der Waals surface area contributed by atoms with Gasteiger partial charge in [0.1, 0.15) is 16.3 Å². The summed E-state index contributed by atoms with van der Waals surface area (Å²) in [5, 5.41) is 15.8. The molecule has 0 aliphatic carbocycles. The van der Waals surface area contributed by atoms with E-state index < -0.39 is 22.5 Å². The fourth-order valence-corrected chi connectivity index (χ4v) is 3.44. The Labute approximate surface area is 179 Å². The van der Waals surface area contributed by atoms with Crippen molar-refractivity contribution >= 4 is 40.8 Å². The predicted molar refractivity (Wildman–Crippen MR) is 108 cm³/mol. The summed E-state index contributed by atoms with van der Waals surface area (Å²) in [7, 11) is 2.23. The van der Waals surface area contributed by atoms with Gasteiger partial charge in [-0.15, -0.1) is 0 Å². The van der Waals surface area contributed by atoms with Crippen LogP contribution in [0.25, 0.3) is 16.9 Å². The van der Waals surface area contributed by atoms with Gasteiger partial charge in [0.15, 0.2) is 5.69 Å². The summed E-state index contributed by atoms with van der Waals surface area (Å²) in [5.74, 6) is -1.84. The SMILES string of the molecule is COC(=O)c1c(-c2cc(Cl)cc(Cl)c2[N+](=O)[O-])nn(-c2ccccc2)c1C(=O)OC. The molecule has 154 valence electrons. The molecule has 2 aromatic carbocycles. The smallest absolute Gasteiger partial charge is 0.357 e. The van der Waals surface area contributed by atoms with Crippen LogP contribution in [0.1, 0.15) is 20.8 Å². The van der Waals surface area contributed by atoms with Gasteiger partial charge in [-0.05, 0) is 24.3 Å². The van der Waals surface area contributed by atoms with Crippen molar-refractivity contribution in [1.29, 1.82) is 0 Å². The Balaban J connectivity index is 2.48. The van der Waals surface area contributed by atoms with Crippen molar-refractivity contribution in [3.63, 3.8) is 0 Å². The number of benzene rings is 2. The van der Waals surface area contributed by atoms with Crippen LogP contribution in [0.15, 0.2) is 42.5 Å². The Morgan fingerprint density at radius 2 is 1.70 bits per heavy atom. The first kappa shape index (κ1) is 21.3. The van der Waals surface area contributed by atoms with Crippen molar-refractivity contribution in [1.82, 2.24) is 9.78 Å². The van der Waals surface area contributed by atoms with Gasteiger partial charge in [0.2, 0.25) is 0 Å². The summed E-state index contributed by atoms with van der Waals surface area (Å²) in [5.41, 5.74) is -1.07. The van der Waals surface area contributed by atoms with E-state index in [1.54, 1.807) is 30.3 Å². The fourth-order valence-electron chi connectivity index (χ4n) is 2.88. The van der Waals surface area contributed by atoms with E-state index in [2.05, 4.69) is 5.10 Å². The average Bonchev–Trinajstić information content (AvgIpc) is 3.12. The number of nitrogens with zero attached hydrogens (tertiary/aromatic N) is 3. The lowest BCUT2D eigenvalue weighted by Crippen LogP contribution is -2.15. The van der Waals surface area contributed by atoms with Gasteiger partial charge in [0, 0.05) is 5.02 Å². The van der Waals surface area contributed by atoms with E-state index >= 15 is 0 Å². The molecule has 0 radical (unpaired) electrons. The second kappa shape index (κ2) is 8.52. The largest absolute Gasteiger partial charge is 0.465 e. The first-order chi connectivity index (χ1) is 14.3. The molecule has 9 nitrogen and oxygen atoms in total. The van der Waals surface area contributed by atoms with Gasteiger partial charge in [0.25, 0.3) is 5.69 Å². The lowest BCUT2D eigenvalue weighted by atomic mass is 10.0. The number of hydrogen-bond acceptors (Lipinski definition) is 7. The van der Waals surface area contributed by atoms with Crippen LogP contribution in [0.2, 0.25) is 10.0 Å². The van der Waals surface area contributed by atoms with Crippen LogP contribution < -0.4 is 0 Å². The molecule has 3 aromatic rings. The molecule has 30 heavy (non-hydrogen) atoms. The molecule has 0 bridgehead atoms. The Morgan fingerprint density at radius 1 is 1.07 bits per heavy atom. The normalized spacial score (nSPS) is 10.5. The number of methoxy groups -OCH3 is 2. The number of carbonyl (C=O) groups is 2. The summed E-state index contributed by atoms with van der Waals surface area (Å²) < 4.78 is 10.8. The number of carbonyl (C=O) groups excluding carboxylic acids is 2. The number of halogens is 2. The maximum Gasteiger partial charge on any atom is 0.357 e. The number of ether oxygens (including phenoxy) is 2. The van der Waals surface area contributed by atoms with E-state index in [0.717, 1.165) is 18.9 Å². The average molecular weight is 450 g/mol. The van der Waals surface area contributed by atoms with E-state index in [1.165, 1.54) is 12.1 Å². The predicted octanol–water partition coefficient (Wildman–Crippen LogP) is 4.33. The molecule has 0 aliphatic heterocycles. The number of nitro benzene ring substituents is 1. The van der Waals surface area contributed by atoms with Gasteiger partial charge in [-0.25, -0.2) is 14.3 Å². The van der Waals surface area contributed by atoms with Crippen molar-refractivity contribution in [2.45, 2.75) is 0 Å². The second-order valence-electron chi connectivity index (χ2n) is 5.84. The summed E-state index contributed by atoms with van der Waals surface area (Å²) in [6.45, 7) is 0. The number of nitro groups is 1. The van der Waals surface area contributed by atoms with E-state index in [9.17, 15) is 19.7 Å². The fraction of sp³-hybridized carbons (Fsp3) is 0.105. The highest BCUT2D eigenvalue weighted by molar-refractivity contribution is 6.37. The molecule has 0 amide bonds. The van der Waals surface area contributed by atoms with Crippen molar-refractivity contribution in [3.8, 4) is 16.9 Å². The summed E-state index contributed by atoms with van der Waals surface area (Å²) in [4.78, 5) is 36.1. The lowest BCUT2D eigenvalue weighted by molar-refractivity contribution is -0.384. The molecule has 0 spiro atoms.